The lowest BCUT2D eigenvalue weighted by molar-refractivity contribution is 0.560. The third kappa shape index (κ3) is 3.66. The molecule has 2 aromatic carbocycles. The third-order valence-corrected chi connectivity index (χ3v) is 5.20. The van der Waals surface area contributed by atoms with Crippen molar-refractivity contribution in [2.75, 3.05) is 6.54 Å². The fourth-order valence-corrected chi connectivity index (χ4v) is 3.70. The fourth-order valence-electron chi connectivity index (χ4n) is 2.47. The zero-order valence-corrected chi connectivity index (χ0v) is 14.6. The SMILES string of the molecule is CC(C)CNS(=O)(=O)c1ccc2ncn(Cc3ccccc3)c2c1. The molecule has 1 heterocycles. The number of hydrogen-bond donors (Lipinski definition) is 1. The van der Waals surface area contributed by atoms with E-state index in [0.29, 0.717) is 13.1 Å². The van der Waals surface area contributed by atoms with Crippen LogP contribution in [0.5, 0.6) is 0 Å². The van der Waals surface area contributed by atoms with Crippen LogP contribution >= 0.6 is 0 Å². The first-order chi connectivity index (χ1) is 11.5. The molecule has 3 rings (SSSR count). The highest BCUT2D eigenvalue weighted by molar-refractivity contribution is 7.89. The van der Waals surface area contributed by atoms with Gasteiger partial charge in [-0.15, -0.1) is 0 Å². The third-order valence-electron chi connectivity index (χ3n) is 3.78. The molecule has 0 saturated carbocycles. The highest BCUT2D eigenvalue weighted by Gasteiger charge is 2.16. The van der Waals surface area contributed by atoms with Crippen molar-refractivity contribution in [3.05, 3.63) is 60.4 Å². The molecule has 0 aliphatic carbocycles. The highest BCUT2D eigenvalue weighted by Crippen LogP contribution is 2.19. The van der Waals surface area contributed by atoms with E-state index in [9.17, 15) is 8.42 Å². The Morgan fingerprint density at radius 3 is 2.58 bits per heavy atom. The molecule has 0 fully saturated rings. The monoisotopic (exact) mass is 343 g/mol. The van der Waals surface area contributed by atoms with E-state index in [1.807, 2.05) is 48.7 Å². The van der Waals surface area contributed by atoms with Crippen LogP contribution in [0.25, 0.3) is 11.0 Å². The summed E-state index contributed by atoms with van der Waals surface area (Å²) in [6.45, 7) is 5.02. The Hall–Kier alpha value is -2.18. The molecule has 0 aliphatic heterocycles. The molecule has 0 saturated heterocycles. The van der Waals surface area contributed by atoms with Gasteiger partial charge in [-0.25, -0.2) is 18.1 Å². The number of benzene rings is 2. The molecule has 6 heteroatoms. The summed E-state index contributed by atoms with van der Waals surface area (Å²) in [6, 6.07) is 15.1. The Morgan fingerprint density at radius 2 is 1.88 bits per heavy atom. The minimum atomic E-state index is -3.51. The highest BCUT2D eigenvalue weighted by atomic mass is 32.2. The maximum Gasteiger partial charge on any atom is 0.240 e. The Labute approximate surface area is 142 Å². The quantitative estimate of drug-likeness (QED) is 0.748. The Morgan fingerprint density at radius 1 is 1.12 bits per heavy atom. The zero-order chi connectivity index (χ0) is 17.2. The van der Waals surface area contributed by atoms with Crippen molar-refractivity contribution in [2.45, 2.75) is 25.3 Å². The lowest BCUT2D eigenvalue weighted by atomic mass is 10.2. The smallest absolute Gasteiger partial charge is 0.240 e. The second-order valence-corrected chi connectivity index (χ2v) is 8.02. The van der Waals surface area contributed by atoms with E-state index in [1.165, 1.54) is 0 Å². The summed E-state index contributed by atoms with van der Waals surface area (Å²) in [5.74, 6) is 0.257. The number of nitrogens with one attached hydrogen (secondary N) is 1. The van der Waals surface area contributed by atoms with Gasteiger partial charge in [0.25, 0.3) is 0 Å². The molecular weight excluding hydrogens is 322 g/mol. The summed E-state index contributed by atoms with van der Waals surface area (Å²) in [6.07, 6.45) is 1.75. The molecule has 5 nitrogen and oxygen atoms in total. The summed E-state index contributed by atoms with van der Waals surface area (Å²) in [7, 11) is -3.51. The number of nitrogens with zero attached hydrogens (tertiary/aromatic N) is 2. The number of rotatable bonds is 6. The molecule has 0 unspecified atom stereocenters. The number of hydrogen-bond acceptors (Lipinski definition) is 3. The van der Waals surface area contributed by atoms with Crippen LogP contribution in [-0.4, -0.2) is 24.5 Å². The Bertz CT molecular complexity index is 931. The summed E-state index contributed by atoms with van der Waals surface area (Å²) in [5.41, 5.74) is 2.74. The molecule has 1 N–H and O–H groups in total. The first kappa shape index (κ1) is 16.7. The van der Waals surface area contributed by atoms with Gasteiger partial charge in [0.1, 0.15) is 0 Å². The molecule has 1 aromatic heterocycles. The zero-order valence-electron chi connectivity index (χ0n) is 13.8. The van der Waals surface area contributed by atoms with Crippen molar-refractivity contribution >= 4 is 21.1 Å². The molecule has 0 aliphatic rings. The van der Waals surface area contributed by atoms with Gasteiger partial charge in [0.2, 0.25) is 10.0 Å². The van der Waals surface area contributed by atoms with Gasteiger partial charge in [-0.1, -0.05) is 44.2 Å². The normalized spacial score (nSPS) is 12.1. The van der Waals surface area contributed by atoms with E-state index >= 15 is 0 Å². The number of aromatic nitrogens is 2. The van der Waals surface area contributed by atoms with Gasteiger partial charge < -0.3 is 4.57 Å². The number of sulfonamides is 1. The van der Waals surface area contributed by atoms with Gasteiger partial charge >= 0.3 is 0 Å². The molecule has 24 heavy (non-hydrogen) atoms. The van der Waals surface area contributed by atoms with Crippen LogP contribution in [0, 0.1) is 5.92 Å². The van der Waals surface area contributed by atoms with Gasteiger partial charge in [-0.2, -0.15) is 0 Å². The molecule has 0 bridgehead atoms. The lowest BCUT2D eigenvalue weighted by Crippen LogP contribution is -2.27. The van der Waals surface area contributed by atoms with Gasteiger partial charge in [0.05, 0.1) is 22.3 Å². The fraction of sp³-hybridized carbons (Fsp3) is 0.278. The van der Waals surface area contributed by atoms with Crippen molar-refractivity contribution in [3.63, 3.8) is 0 Å². The summed E-state index contributed by atoms with van der Waals surface area (Å²) < 4.78 is 29.5. The average molecular weight is 343 g/mol. The van der Waals surface area contributed by atoms with Crippen LogP contribution in [0.3, 0.4) is 0 Å². The first-order valence-electron chi connectivity index (χ1n) is 7.94. The van der Waals surface area contributed by atoms with Crippen molar-refractivity contribution < 1.29 is 8.42 Å². The number of imidazole rings is 1. The minimum Gasteiger partial charge on any atom is -0.326 e. The van der Waals surface area contributed by atoms with E-state index in [4.69, 9.17) is 0 Å². The summed E-state index contributed by atoms with van der Waals surface area (Å²) >= 11 is 0. The Kier molecular flexibility index (Phi) is 4.69. The van der Waals surface area contributed by atoms with Crippen LogP contribution in [0.1, 0.15) is 19.4 Å². The predicted octanol–water partition coefficient (Wildman–Crippen LogP) is 3.02. The van der Waals surface area contributed by atoms with Crippen LogP contribution in [0.4, 0.5) is 0 Å². The van der Waals surface area contributed by atoms with E-state index in [1.54, 1.807) is 24.5 Å². The van der Waals surface area contributed by atoms with E-state index in [-0.39, 0.29) is 10.8 Å². The van der Waals surface area contributed by atoms with Gasteiger partial charge in [-0.05, 0) is 29.7 Å². The van der Waals surface area contributed by atoms with Crippen LogP contribution in [0.15, 0.2) is 59.8 Å². The molecule has 126 valence electrons. The van der Waals surface area contributed by atoms with E-state index in [2.05, 4.69) is 9.71 Å². The maximum atomic E-state index is 12.4. The molecule has 0 spiro atoms. The maximum absolute atomic E-state index is 12.4. The number of fused-ring (bicyclic) bond motifs is 1. The lowest BCUT2D eigenvalue weighted by Gasteiger charge is -2.10. The van der Waals surface area contributed by atoms with Crippen LogP contribution < -0.4 is 4.72 Å². The van der Waals surface area contributed by atoms with Gasteiger partial charge in [0.15, 0.2) is 0 Å². The van der Waals surface area contributed by atoms with Crippen molar-refractivity contribution in [1.82, 2.24) is 14.3 Å². The average Bonchev–Trinajstić information content (AvgIpc) is 2.96. The second kappa shape index (κ2) is 6.75. The molecule has 0 amide bonds. The van der Waals surface area contributed by atoms with Gasteiger partial charge in [0, 0.05) is 13.1 Å². The van der Waals surface area contributed by atoms with Crippen LogP contribution in [0.2, 0.25) is 0 Å². The summed E-state index contributed by atoms with van der Waals surface area (Å²) in [4.78, 5) is 4.63. The predicted molar refractivity (Wildman–Crippen MR) is 95.3 cm³/mol. The second-order valence-electron chi connectivity index (χ2n) is 6.25. The summed E-state index contributed by atoms with van der Waals surface area (Å²) in [5, 5.41) is 0. The molecule has 0 atom stereocenters. The van der Waals surface area contributed by atoms with Gasteiger partial charge in [-0.3, -0.25) is 0 Å². The van der Waals surface area contributed by atoms with Crippen molar-refractivity contribution in [2.24, 2.45) is 5.92 Å². The van der Waals surface area contributed by atoms with E-state index in [0.717, 1.165) is 16.6 Å². The standard InChI is InChI=1S/C18H21N3O2S/c1-14(2)11-20-24(22,23)16-8-9-17-18(10-16)21(13-19-17)12-15-6-4-3-5-7-15/h3-10,13-14,20H,11-12H2,1-2H3. The Balaban J connectivity index is 1.94. The van der Waals surface area contributed by atoms with Crippen molar-refractivity contribution in [3.8, 4) is 0 Å². The molecular formula is C18H21N3O2S. The minimum absolute atomic E-state index is 0.257. The van der Waals surface area contributed by atoms with E-state index < -0.39 is 10.0 Å². The molecule has 3 aromatic rings. The largest absolute Gasteiger partial charge is 0.326 e. The topological polar surface area (TPSA) is 64.0 Å². The van der Waals surface area contributed by atoms with Crippen molar-refractivity contribution in [1.29, 1.82) is 0 Å². The van der Waals surface area contributed by atoms with Crippen LogP contribution in [-0.2, 0) is 16.6 Å². The molecule has 0 radical (unpaired) electrons. The first-order valence-corrected chi connectivity index (χ1v) is 9.42.